The Bertz CT molecular complexity index is 186. The van der Waals surface area contributed by atoms with Crippen LogP contribution in [0.3, 0.4) is 0 Å². The predicted molar refractivity (Wildman–Crippen MR) is 56.7 cm³/mol. The van der Waals surface area contributed by atoms with Crippen molar-refractivity contribution in [1.29, 1.82) is 0 Å². The van der Waals surface area contributed by atoms with Crippen molar-refractivity contribution in [1.82, 2.24) is 4.90 Å². The summed E-state index contributed by atoms with van der Waals surface area (Å²) in [6, 6.07) is 0.199. The maximum absolute atomic E-state index is 11.7. The lowest BCUT2D eigenvalue weighted by Gasteiger charge is -2.19. The molecule has 0 radical (unpaired) electrons. The summed E-state index contributed by atoms with van der Waals surface area (Å²) >= 11 is 1.72. The lowest BCUT2D eigenvalue weighted by atomic mass is 10.2. The number of nitrogens with two attached hydrogens (primary N) is 1. The Labute approximate surface area is 84.0 Å². The van der Waals surface area contributed by atoms with E-state index in [1.54, 1.807) is 11.8 Å². The number of nitrogens with zero attached hydrogens (tertiary/aromatic N) is 1. The average molecular weight is 202 g/mol. The van der Waals surface area contributed by atoms with Crippen LogP contribution in [0.2, 0.25) is 0 Å². The molecule has 4 heteroatoms. The molecule has 3 nitrogen and oxygen atoms in total. The lowest BCUT2D eigenvalue weighted by molar-refractivity contribution is -0.133. The third kappa shape index (κ3) is 2.88. The summed E-state index contributed by atoms with van der Waals surface area (Å²) in [5, 5.41) is 0. The van der Waals surface area contributed by atoms with Crippen LogP contribution in [0.15, 0.2) is 0 Å². The number of rotatable bonds is 3. The molecule has 1 rings (SSSR count). The molecular weight excluding hydrogens is 184 g/mol. The number of carbonyl (C=O) groups is 1. The normalized spacial score (nSPS) is 24.8. The Hall–Kier alpha value is -0.220. The van der Waals surface area contributed by atoms with Crippen molar-refractivity contribution in [3.63, 3.8) is 0 Å². The number of hydrogen-bond acceptors (Lipinski definition) is 3. The van der Waals surface area contributed by atoms with E-state index in [4.69, 9.17) is 5.73 Å². The maximum atomic E-state index is 11.7. The average Bonchev–Trinajstić information content (AvgIpc) is 2.51. The zero-order valence-corrected chi connectivity index (χ0v) is 9.14. The number of carbonyl (C=O) groups excluding carboxylic acids is 1. The summed E-state index contributed by atoms with van der Waals surface area (Å²) in [5.74, 6) is 1.31. The molecule has 1 unspecified atom stereocenters. The third-order valence-electron chi connectivity index (χ3n) is 2.37. The summed E-state index contributed by atoms with van der Waals surface area (Å²) in [6.45, 7) is 3.58. The smallest absolute Gasteiger partial charge is 0.226 e. The minimum Gasteiger partial charge on any atom is -0.341 e. The Balaban J connectivity index is 2.38. The van der Waals surface area contributed by atoms with Gasteiger partial charge in [-0.2, -0.15) is 11.8 Å². The molecule has 0 aliphatic carbocycles. The van der Waals surface area contributed by atoms with Gasteiger partial charge < -0.3 is 10.6 Å². The molecular formula is C9H18N2OS. The van der Waals surface area contributed by atoms with Gasteiger partial charge in [-0.1, -0.05) is 6.92 Å². The first-order valence-corrected chi connectivity index (χ1v) is 6.08. The summed E-state index contributed by atoms with van der Waals surface area (Å²) in [7, 11) is 0. The molecule has 0 aromatic rings. The van der Waals surface area contributed by atoms with E-state index in [9.17, 15) is 4.79 Å². The van der Waals surface area contributed by atoms with Gasteiger partial charge in [0.2, 0.25) is 5.91 Å². The van der Waals surface area contributed by atoms with E-state index in [0.29, 0.717) is 0 Å². The van der Waals surface area contributed by atoms with Crippen molar-refractivity contribution in [3.05, 3.63) is 0 Å². The molecule has 1 aliphatic rings. The summed E-state index contributed by atoms with van der Waals surface area (Å²) in [5.41, 5.74) is 5.74. The maximum Gasteiger partial charge on any atom is 0.226 e. The van der Waals surface area contributed by atoms with Crippen molar-refractivity contribution < 1.29 is 4.79 Å². The molecule has 1 aliphatic heterocycles. The number of hydrogen-bond donors (Lipinski definition) is 1. The summed E-state index contributed by atoms with van der Waals surface area (Å²) in [6.07, 6.45) is 2.98. The van der Waals surface area contributed by atoms with Crippen LogP contribution in [0.25, 0.3) is 0 Å². The van der Waals surface area contributed by atoms with Crippen LogP contribution in [-0.2, 0) is 4.79 Å². The first-order chi connectivity index (χ1) is 6.15. The van der Waals surface area contributed by atoms with E-state index >= 15 is 0 Å². The Morgan fingerprint density at radius 1 is 1.77 bits per heavy atom. The van der Waals surface area contributed by atoms with Gasteiger partial charge in [0.25, 0.3) is 0 Å². The standard InChI is InChI=1S/C9H18N2OS/c1-7(6-13-2)9(12)11-4-3-8(10)5-11/h7-8H,3-6,10H2,1-2H3/t7?,8-/m0/s1. The predicted octanol–water partition coefficient (Wildman–Crippen LogP) is 0.545. The van der Waals surface area contributed by atoms with Crippen LogP contribution in [-0.4, -0.2) is 41.9 Å². The zero-order chi connectivity index (χ0) is 9.84. The largest absolute Gasteiger partial charge is 0.341 e. The summed E-state index contributed by atoms with van der Waals surface area (Å²) in [4.78, 5) is 13.6. The number of amides is 1. The van der Waals surface area contributed by atoms with E-state index < -0.39 is 0 Å². The van der Waals surface area contributed by atoms with Gasteiger partial charge in [-0.05, 0) is 12.7 Å². The van der Waals surface area contributed by atoms with Crippen LogP contribution in [0, 0.1) is 5.92 Å². The molecule has 0 saturated carbocycles. The second kappa shape index (κ2) is 4.86. The minimum atomic E-state index is 0.139. The number of thioether (sulfide) groups is 1. The highest BCUT2D eigenvalue weighted by Gasteiger charge is 2.26. The van der Waals surface area contributed by atoms with Gasteiger partial charge >= 0.3 is 0 Å². The zero-order valence-electron chi connectivity index (χ0n) is 8.32. The second-order valence-electron chi connectivity index (χ2n) is 3.69. The fourth-order valence-electron chi connectivity index (χ4n) is 1.62. The highest BCUT2D eigenvalue weighted by molar-refractivity contribution is 7.98. The molecule has 1 saturated heterocycles. The van der Waals surface area contributed by atoms with Crippen molar-refractivity contribution in [3.8, 4) is 0 Å². The van der Waals surface area contributed by atoms with Crippen LogP contribution < -0.4 is 5.73 Å². The molecule has 13 heavy (non-hydrogen) atoms. The van der Waals surface area contributed by atoms with E-state index in [1.807, 2.05) is 18.1 Å². The lowest BCUT2D eigenvalue weighted by Crippen LogP contribution is -2.36. The van der Waals surface area contributed by atoms with Crippen LogP contribution in [0.5, 0.6) is 0 Å². The molecule has 1 fully saturated rings. The van der Waals surface area contributed by atoms with Gasteiger partial charge in [0.1, 0.15) is 0 Å². The van der Waals surface area contributed by atoms with Crippen LogP contribution in [0.4, 0.5) is 0 Å². The Morgan fingerprint density at radius 2 is 2.46 bits per heavy atom. The summed E-state index contributed by atoms with van der Waals surface area (Å²) < 4.78 is 0. The monoisotopic (exact) mass is 202 g/mol. The van der Waals surface area contributed by atoms with E-state index in [2.05, 4.69) is 0 Å². The highest BCUT2D eigenvalue weighted by Crippen LogP contribution is 2.13. The Morgan fingerprint density at radius 3 is 2.92 bits per heavy atom. The Kier molecular flexibility index (Phi) is 4.06. The fourth-order valence-corrected chi connectivity index (χ4v) is 2.26. The highest BCUT2D eigenvalue weighted by atomic mass is 32.2. The molecule has 0 bridgehead atoms. The van der Waals surface area contributed by atoms with Gasteiger partial charge in [0.05, 0.1) is 0 Å². The minimum absolute atomic E-state index is 0.139. The molecule has 0 spiro atoms. The third-order valence-corrected chi connectivity index (χ3v) is 3.21. The second-order valence-corrected chi connectivity index (χ2v) is 4.60. The van der Waals surface area contributed by atoms with E-state index in [-0.39, 0.29) is 17.9 Å². The van der Waals surface area contributed by atoms with Gasteiger partial charge in [0.15, 0.2) is 0 Å². The number of likely N-dealkylation sites (tertiary alicyclic amines) is 1. The molecule has 1 amide bonds. The SMILES string of the molecule is CSCC(C)C(=O)N1CC[C@H](N)C1. The van der Waals surface area contributed by atoms with Crippen molar-refractivity contribution in [2.45, 2.75) is 19.4 Å². The van der Waals surface area contributed by atoms with Crippen LogP contribution in [0.1, 0.15) is 13.3 Å². The fraction of sp³-hybridized carbons (Fsp3) is 0.889. The quantitative estimate of drug-likeness (QED) is 0.727. The van der Waals surface area contributed by atoms with Crippen molar-refractivity contribution in [2.75, 3.05) is 25.1 Å². The first kappa shape index (κ1) is 10.9. The van der Waals surface area contributed by atoms with Crippen molar-refractivity contribution >= 4 is 17.7 Å². The molecule has 2 atom stereocenters. The molecule has 76 valence electrons. The van der Waals surface area contributed by atoms with E-state index in [0.717, 1.165) is 25.3 Å². The van der Waals surface area contributed by atoms with E-state index in [1.165, 1.54) is 0 Å². The molecule has 1 heterocycles. The molecule has 0 aromatic carbocycles. The first-order valence-electron chi connectivity index (χ1n) is 4.68. The van der Waals surface area contributed by atoms with Gasteiger partial charge in [-0.3, -0.25) is 4.79 Å². The van der Waals surface area contributed by atoms with Gasteiger partial charge in [-0.25, -0.2) is 0 Å². The van der Waals surface area contributed by atoms with Crippen molar-refractivity contribution in [2.24, 2.45) is 11.7 Å². The molecule has 2 N–H and O–H groups in total. The molecule has 0 aromatic heterocycles. The van der Waals surface area contributed by atoms with Gasteiger partial charge in [-0.15, -0.1) is 0 Å². The van der Waals surface area contributed by atoms with Gasteiger partial charge in [0, 0.05) is 30.8 Å². The topological polar surface area (TPSA) is 46.3 Å². The van der Waals surface area contributed by atoms with Crippen LogP contribution >= 0.6 is 11.8 Å².